The van der Waals surface area contributed by atoms with E-state index in [0.717, 1.165) is 29.7 Å². The molecular formula is C24H29NO7. The fraction of sp³-hybridized carbons (Fsp3) is 0.458. The summed E-state index contributed by atoms with van der Waals surface area (Å²) in [4.78, 5) is 39.2. The van der Waals surface area contributed by atoms with Crippen molar-refractivity contribution < 1.29 is 33.7 Å². The van der Waals surface area contributed by atoms with E-state index in [0.29, 0.717) is 18.6 Å². The smallest absolute Gasteiger partial charge is 0.417 e. The Labute approximate surface area is 187 Å². The van der Waals surface area contributed by atoms with Crippen LogP contribution in [-0.4, -0.2) is 66.4 Å². The van der Waals surface area contributed by atoms with Gasteiger partial charge in [-0.25, -0.2) is 9.69 Å². The number of allylic oxidation sites excluding steroid dienone is 2. The Morgan fingerprint density at radius 3 is 2.72 bits per heavy atom. The first-order valence-electron chi connectivity index (χ1n) is 10.8. The van der Waals surface area contributed by atoms with Crippen LogP contribution in [0.1, 0.15) is 31.2 Å². The minimum absolute atomic E-state index is 0.0776. The van der Waals surface area contributed by atoms with Crippen molar-refractivity contribution >= 4 is 17.8 Å². The van der Waals surface area contributed by atoms with Crippen molar-refractivity contribution in [3.05, 3.63) is 59.9 Å². The molecule has 3 rings (SSSR count). The number of methoxy groups -OCH3 is 1. The van der Waals surface area contributed by atoms with Crippen molar-refractivity contribution in [2.75, 3.05) is 20.3 Å². The van der Waals surface area contributed by atoms with Gasteiger partial charge >= 0.3 is 6.09 Å². The minimum atomic E-state index is -1.28. The average molecular weight is 443 g/mol. The number of hydrogen-bond acceptors (Lipinski definition) is 7. The van der Waals surface area contributed by atoms with Crippen LogP contribution in [0.15, 0.2) is 54.3 Å². The van der Waals surface area contributed by atoms with Crippen LogP contribution in [0, 0.1) is 0 Å². The molecule has 8 heteroatoms. The summed E-state index contributed by atoms with van der Waals surface area (Å²) in [7, 11) is 1.31. The number of carbonyl (C=O) groups is 3. The number of ether oxygens (including phenoxy) is 3. The van der Waals surface area contributed by atoms with Crippen molar-refractivity contribution in [2.45, 2.75) is 50.4 Å². The lowest BCUT2D eigenvalue weighted by atomic mass is 10.0. The van der Waals surface area contributed by atoms with Gasteiger partial charge in [-0.2, -0.15) is 0 Å². The van der Waals surface area contributed by atoms with Gasteiger partial charge in [-0.15, -0.1) is 0 Å². The molecule has 172 valence electrons. The zero-order chi connectivity index (χ0) is 22.9. The van der Waals surface area contributed by atoms with Gasteiger partial charge in [-0.3, -0.25) is 9.59 Å². The van der Waals surface area contributed by atoms with Crippen LogP contribution in [0.5, 0.6) is 0 Å². The van der Waals surface area contributed by atoms with E-state index in [-0.39, 0.29) is 13.2 Å². The van der Waals surface area contributed by atoms with E-state index < -0.39 is 36.0 Å². The molecule has 2 amide bonds. The first kappa shape index (κ1) is 23.7. The van der Waals surface area contributed by atoms with E-state index in [1.165, 1.54) is 13.2 Å². The number of aliphatic hydroxyl groups excluding tert-OH is 1. The van der Waals surface area contributed by atoms with Crippen LogP contribution >= 0.6 is 0 Å². The highest BCUT2D eigenvalue weighted by Gasteiger charge is 2.46. The Bertz CT molecular complexity index is 864. The molecule has 1 aromatic rings. The maximum absolute atomic E-state index is 13.3. The molecule has 8 nitrogen and oxygen atoms in total. The quantitative estimate of drug-likeness (QED) is 0.555. The zero-order valence-corrected chi connectivity index (χ0v) is 18.1. The van der Waals surface area contributed by atoms with Gasteiger partial charge in [-0.05, 0) is 49.5 Å². The van der Waals surface area contributed by atoms with Gasteiger partial charge in [0.05, 0.1) is 6.04 Å². The highest BCUT2D eigenvalue weighted by atomic mass is 16.6. The van der Waals surface area contributed by atoms with E-state index >= 15 is 0 Å². The highest BCUT2D eigenvalue weighted by Crippen LogP contribution is 2.24. The lowest BCUT2D eigenvalue weighted by Crippen LogP contribution is -2.53. The number of nitrogens with zero attached hydrogens (tertiary/aromatic N) is 1. The van der Waals surface area contributed by atoms with Gasteiger partial charge in [-0.1, -0.05) is 36.8 Å². The highest BCUT2D eigenvalue weighted by molar-refractivity contribution is 6.03. The van der Waals surface area contributed by atoms with Gasteiger partial charge in [0.2, 0.25) is 0 Å². The number of benzene rings is 1. The molecule has 2 aliphatic heterocycles. The molecule has 1 aromatic carbocycles. The van der Waals surface area contributed by atoms with Gasteiger partial charge < -0.3 is 19.3 Å². The number of hydrogen-bond donors (Lipinski definition) is 1. The maximum atomic E-state index is 13.3. The Hall–Kier alpha value is -2.97. The van der Waals surface area contributed by atoms with Crippen LogP contribution in [0.25, 0.3) is 0 Å². The second-order valence-electron chi connectivity index (χ2n) is 7.74. The molecule has 0 unspecified atom stereocenters. The summed E-state index contributed by atoms with van der Waals surface area (Å²) < 4.78 is 16.3. The molecular weight excluding hydrogens is 414 g/mol. The van der Waals surface area contributed by atoms with E-state index in [1.807, 2.05) is 36.4 Å². The molecule has 1 fully saturated rings. The number of amides is 2. The lowest BCUT2D eigenvalue weighted by Gasteiger charge is -2.30. The van der Waals surface area contributed by atoms with Gasteiger partial charge in [0.15, 0.2) is 18.0 Å². The summed E-state index contributed by atoms with van der Waals surface area (Å²) in [6.45, 7) is 0.236. The van der Waals surface area contributed by atoms with E-state index in [9.17, 15) is 14.4 Å². The van der Waals surface area contributed by atoms with Crippen molar-refractivity contribution in [1.29, 1.82) is 0 Å². The molecule has 1 saturated heterocycles. The standard InChI is InChI=1S/C24H29NO7/c1-30-22(21-20(27)13-12-19(32-21)11-7-2-3-8-14-26)23(28)25-18(16-31-24(25)29)15-17-9-5-4-6-10-17/h4-6,9-13,18,21-22,26H,2-3,7-8,14-16H2,1H3/t18-,21+,22-/m0/s1. The lowest BCUT2D eigenvalue weighted by molar-refractivity contribution is -0.153. The molecule has 2 heterocycles. The van der Waals surface area contributed by atoms with Crippen LogP contribution in [0.4, 0.5) is 4.79 Å². The molecule has 0 radical (unpaired) electrons. The van der Waals surface area contributed by atoms with E-state index in [2.05, 4.69) is 0 Å². The number of rotatable bonds is 10. The van der Waals surface area contributed by atoms with Crippen LogP contribution in [-0.2, 0) is 30.2 Å². The van der Waals surface area contributed by atoms with Crippen LogP contribution in [0.2, 0.25) is 0 Å². The molecule has 2 aliphatic rings. The summed E-state index contributed by atoms with van der Waals surface area (Å²) in [5, 5.41) is 8.86. The van der Waals surface area contributed by atoms with E-state index in [1.54, 1.807) is 6.08 Å². The van der Waals surface area contributed by atoms with Crippen LogP contribution in [0.3, 0.4) is 0 Å². The summed E-state index contributed by atoms with van der Waals surface area (Å²) in [5.74, 6) is -0.597. The minimum Gasteiger partial charge on any atom is -0.479 e. The molecule has 0 aromatic heterocycles. The fourth-order valence-corrected chi connectivity index (χ4v) is 3.77. The predicted octanol–water partition coefficient (Wildman–Crippen LogP) is 2.55. The summed E-state index contributed by atoms with van der Waals surface area (Å²) >= 11 is 0. The first-order chi connectivity index (χ1) is 15.5. The number of imide groups is 1. The summed E-state index contributed by atoms with van der Waals surface area (Å²) in [6, 6.07) is 8.99. The summed E-state index contributed by atoms with van der Waals surface area (Å²) in [6.07, 6.45) is 5.17. The second-order valence-corrected chi connectivity index (χ2v) is 7.74. The SMILES string of the molecule is CO[C@H](C(=O)N1C(=O)OC[C@@H]1Cc1ccccc1)[C@@H]1OC(=CCCCCCO)C=CC1=O. The number of cyclic esters (lactones) is 1. The average Bonchev–Trinajstić information content (AvgIpc) is 3.16. The topological polar surface area (TPSA) is 102 Å². The largest absolute Gasteiger partial charge is 0.479 e. The molecule has 0 bridgehead atoms. The molecule has 32 heavy (non-hydrogen) atoms. The number of ketones is 1. The first-order valence-corrected chi connectivity index (χ1v) is 10.8. The Balaban J connectivity index is 1.70. The molecule has 0 spiro atoms. The molecule has 0 aliphatic carbocycles. The molecule has 0 saturated carbocycles. The van der Waals surface area contributed by atoms with Gasteiger partial charge in [0.1, 0.15) is 12.4 Å². The van der Waals surface area contributed by atoms with Gasteiger partial charge in [0, 0.05) is 13.7 Å². The monoisotopic (exact) mass is 443 g/mol. The van der Waals surface area contributed by atoms with Crippen molar-refractivity contribution in [3.63, 3.8) is 0 Å². The van der Waals surface area contributed by atoms with Crippen molar-refractivity contribution in [2.24, 2.45) is 0 Å². The Morgan fingerprint density at radius 1 is 1.22 bits per heavy atom. The van der Waals surface area contributed by atoms with Crippen LogP contribution < -0.4 is 0 Å². The third kappa shape index (κ3) is 5.83. The summed E-state index contributed by atoms with van der Waals surface area (Å²) in [5.41, 5.74) is 0.960. The van der Waals surface area contributed by atoms with Gasteiger partial charge in [0.25, 0.3) is 5.91 Å². The number of aliphatic hydroxyl groups is 1. The van der Waals surface area contributed by atoms with Crippen molar-refractivity contribution in [3.8, 4) is 0 Å². The number of unbranched alkanes of at least 4 members (excludes halogenated alkanes) is 3. The molecule has 1 N–H and O–H groups in total. The predicted molar refractivity (Wildman–Crippen MR) is 116 cm³/mol. The second kappa shape index (κ2) is 11.6. The zero-order valence-electron chi connectivity index (χ0n) is 18.1. The Morgan fingerprint density at radius 2 is 2.00 bits per heavy atom. The normalized spacial score (nSPS) is 22.7. The maximum Gasteiger partial charge on any atom is 0.417 e. The molecule has 3 atom stereocenters. The third-order valence-electron chi connectivity index (χ3n) is 5.45. The van der Waals surface area contributed by atoms with E-state index in [4.69, 9.17) is 19.3 Å². The third-order valence-corrected chi connectivity index (χ3v) is 5.45. The Kier molecular flexibility index (Phi) is 8.58. The van der Waals surface area contributed by atoms with Crippen molar-refractivity contribution in [1.82, 2.24) is 4.90 Å². The number of carbonyl (C=O) groups excluding carboxylic acids is 3. The fourth-order valence-electron chi connectivity index (χ4n) is 3.77.